The van der Waals surface area contributed by atoms with E-state index in [-0.39, 0.29) is 24.2 Å². The summed E-state index contributed by atoms with van der Waals surface area (Å²) in [5.41, 5.74) is -1.28. The number of hydrogen-bond donors (Lipinski definition) is 3. The zero-order chi connectivity index (χ0) is 10.8. The van der Waals surface area contributed by atoms with Crippen LogP contribution in [0.2, 0.25) is 0 Å². The Bertz CT molecular complexity index is 211. The molecule has 0 saturated carbocycles. The van der Waals surface area contributed by atoms with Gasteiger partial charge >= 0.3 is 0 Å². The molecule has 3 N–H and O–H groups in total. The van der Waals surface area contributed by atoms with Crippen molar-refractivity contribution in [2.45, 2.75) is 17.3 Å². The number of rotatable bonds is 4. The van der Waals surface area contributed by atoms with Gasteiger partial charge in [-0.25, -0.2) is 0 Å². The van der Waals surface area contributed by atoms with Gasteiger partial charge in [-0.05, 0) is 0 Å². The number of carbonyl (C=O) groups excluding carboxylic acids is 1. The second-order valence-electron chi connectivity index (χ2n) is 3.50. The molecule has 6 heteroatoms. The number of likely N-dealkylation sites (tertiary alicyclic amines) is 1. The minimum Gasteiger partial charge on any atom is -0.394 e. The Balaban J connectivity index is 2.83. The van der Waals surface area contributed by atoms with Crippen LogP contribution in [-0.4, -0.2) is 63.4 Å². The molecule has 0 spiro atoms. The third kappa shape index (κ3) is 1.86. The predicted octanol–water partition coefficient (Wildman–Crippen LogP) is -1.46. The molecule has 1 saturated heterocycles. The lowest BCUT2D eigenvalue weighted by molar-refractivity contribution is -0.140. The third-order valence-corrected chi connectivity index (χ3v) is 2.83. The SMILES string of the molecule is O=C1CC(Cl)CN1C(CO)(CO)CO. The molecule has 1 unspecified atom stereocenters. The molecule has 0 aromatic heterocycles. The number of carbonyl (C=O) groups is 1. The van der Waals surface area contributed by atoms with Crippen molar-refractivity contribution in [3.63, 3.8) is 0 Å². The zero-order valence-electron chi connectivity index (χ0n) is 7.69. The molecule has 0 radical (unpaired) electrons. The number of alkyl halides is 1. The zero-order valence-corrected chi connectivity index (χ0v) is 8.44. The summed E-state index contributed by atoms with van der Waals surface area (Å²) in [6.45, 7) is -1.18. The average Bonchev–Trinajstić information content (AvgIpc) is 2.51. The molecule has 14 heavy (non-hydrogen) atoms. The van der Waals surface area contributed by atoms with E-state index in [2.05, 4.69) is 0 Å². The van der Waals surface area contributed by atoms with Crippen LogP contribution in [-0.2, 0) is 4.79 Å². The van der Waals surface area contributed by atoms with Crippen LogP contribution in [0.4, 0.5) is 0 Å². The highest BCUT2D eigenvalue weighted by Gasteiger charge is 2.43. The topological polar surface area (TPSA) is 81.0 Å². The fourth-order valence-corrected chi connectivity index (χ4v) is 1.80. The monoisotopic (exact) mass is 223 g/mol. The minimum atomic E-state index is -1.28. The second-order valence-corrected chi connectivity index (χ2v) is 4.12. The maximum atomic E-state index is 11.4. The van der Waals surface area contributed by atoms with E-state index in [0.29, 0.717) is 0 Å². The summed E-state index contributed by atoms with van der Waals surface area (Å²) in [6.07, 6.45) is 0.184. The van der Waals surface area contributed by atoms with Crippen LogP contribution >= 0.6 is 11.6 Å². The minimum absolute atomic E-state index is 0.184. The van der Waals surface area contributed by atoms with Gasteiger partial charge in [-0.1, -0.05) is 0 Å². The molecular weight excluding hydrogens is 210 g/mol. The predicted molar refractivity (Wildman–Crippen MR) is 50.0 cm³/mol. The van der Waals surface area contributed by atoms with Crippen LogP contribution in [0.1, 0.15) is 6.42 Å². The van der Waals surface area contributed by atoms with E-state index in [1.807, 2.05) is 0 Å². The molecule has 0 aliphatic carbocycles. The van der Waals surface area contributed by atoms with Crippen molar-refractivity contribution in [2.75, 3.05) is 26.4 Å². The molecular formula is C8H14ClNO4. The van der Waals surface area contributed by atoms with Gasteiger partial charge in [0, 0.05) is 13.0 Å². The highest BCUT2D eigenvalue weighted by molar-refractivity contribution is 6.22. The normalized spacial score (nSPS) is 23.3. The number of amides is 1. The van der Waals surface area contributed by atoms with Crippen molar-refractivity contribution in [2.24, 2.45) is 0 Å². The fourth-order valence-electron chi connectivity index (χ4n) is 1.53. The van der Waals surface area contributed by atoms with Crippen molar-refractivity contribution < 1.29 is 20.1 Å². The summed E-state index contributed by atoms with van der Waals surface area (Å²) in [5, 5.41) is 26.9. The molecule has 5 nitrogen and oxygen atoms in total. The number of hydrogen-bond acceptors (Lipinski definition) is 4. The summed E-state index contributed by atoms with van der Waals surface area (Å²) in [7, 11) is 0. The van der Waals surface area contributed by atoms with Gasteiger partial charge in [0.15, 0.2) is 0 Å². The first-order valence-electron chi connectivity index (χ1n) is 4.37. The Morgan fingerprint density at radius 3 is 2.14 bits per heavy atom. The second kappa shape index (κ2) is 4.44. The Labute approximate surface area is 86.9 Å². The average molecular weight is 224 g/mol. The van der Waals surface area contributed by atoms with Crippen molar-refractivity contribution in [1.82, 2.24) is 4.90 Å². The van der Waals surface area contributed by atoms with Crippen LogP contribution in [0.5, 0.6) is 0 Å². The first kappa shape index (κ1) is 11.7. The van der Waals surface area contributed by atoms with Crippen LogP contribution < -0.4 is 0 Å². The summed E-state index contributed by atoms with van der Waals surface area (Å²) in [5.74, 6) is -0.248. The number of aliphatic hydroxyl groups excluding tert-OH is 3. The van der Waals surface area contributed by atoms with Crippen molar-refractivity contribution in [3.05, 3.63) is 0 Å². The molecule has 82 valence electrons. The first-order valence-corrected chi connectivity index (χ1v) is 4.80. The molecule has 0 aromatic carbocycles. The van der Waals surface area contributed by atoms with Gasteiger partial charge in [-0.2, -0.15) is 0 Å². The maximum absolute atomic E-state index is 11.4. The van der Waals surface area contributed by atoms with E-state index >= 15 is 0 Å². The smallest absolute Gasteiger partial charge is 0.224 e. The molecule has 1 atom stereocenters. The van der Waals surface area contributed by atoms with Gasteiger partial charge in [0.2, 0.25) is 5.91 Å². The summed E-state index contributed by atoms with van der Waals surface area (Å²) in [4.78, 5) is 12.7. The quantitative estimate of drug-likeness (QED) is 0.509. The van der Waals surface area contributed by atoms with E-state index in [1.54, 1.807) is 0 Å². The molecule has 1 aliphatic heterocycles. The van der Waals surface area contributed by atoms with Gasteiger partial charge in [0.05, 0.1) is 25.2 Å². The Morgan fingerprint density at radius 2 is 1.86 bits per heavy atom. The van der Waals surface area contributed by atoms with Gasteiger partial charge < -0.3 is 20.2 Å². The van der Waals surface area contributed by atoms with Crippen LogP contribution in [0.25, 0.3) is 0 Å². The highest BCUT2D eigenvalue weighted by Crippen LogP contribution is 2.25. The molecule has 1 heterocycles. The van der Waals surface area contributed by atoms with Crippen molar-refractivity contribution >= 4 is 17.5 Å². The first-order chi connectivity index (χ1) is 6.59. The van der Waals surface area contributed by atoms with Gasteiger partial charge in [-0.3, -0.25) is 4.79 Å². The molecule has 1 aliphatic rings. The number of nitrogens with zero attached hydrogens (tertiary/aromatic N) is 1. The number of halogens is 1. The summed E-state index contributed by atoms with van der Waals surface area (Å²) >= 11 is 5.77. The van der Waals surface area contributed by atoms with E-state index in [4.69, 9.17) is 26.9 Å². The molecule has 0 aromatic rings. The standard InChI is InChI=1S/C8H14ClNO4/c9-6-1-7(14)10(2-6)8(3-11,4-12)5-13/h6,11-13H,1-5H2. The van der Waals surface area contributed by atoms with E-state index in [9.17, 15) is 4.79 Å². The lowest BCUT2D eigenvalue weighted by atomic mass is 10.0. The maximum Gasteiger partial charge on any atom is 0.224 e. The highest BCUT2D eigenvalue weighted by atomic mass is 35.5. The Morgan fingerprint density at radius 1 is 1.36 bits per heavy atom. The largest absolute Gasteiger partial charge is 0.394 e. The van der Waals surface area contributed by atoms with Crippen LogP contribution in [0, 0.1) is 0 Å². The third-order valence-electron chi connectivity index (χ3n) is 2.53. The lowest BCUT2D eigenvalue weighted by Gasteiger charge is -2.37. The fraction of sp³-hybridized carbons (Fsp3) is 0.875. The van der Waals surface area contributed by atoms with E-state index < -0.39 is 25.4 Å². The van der Waals surface area contributed by atoms with Gasteiger partial charge in [0.1, 0.15) is 5.54 Å². The molecule has 1 fully saturated rings. The molecule has 1 rings (SSSR count). The Kier molecular flexibility index (Phi) is 3.71. The van der Waals surface area contributed by atoms with Crippen LogP contribution in [0.15, 0.2) is 0 Å². The van der Waals surface area contributed by atoms with Gasteiger partial charge in [-0.15, -0.1) is 11.6 Å². The summed E-state index contributed by atoms with van der Waals surface area (Å²) in [6, 6.07) is 0. The van der Waals surface area contributed by atoms with Crippen molar-refractivity contribution in [3.8, 4) is 0 Å². The summed E-state index contributed by atoms with van der Waals surface area (Å²) < 4.78 is 0. The molecule has 0 bridgehead atoms. The number of aliphatic hydroxyl groups is 3. The van der Waals surface area contributed by atoms with E-state index in [0.717, 1.165) is 0 Å². The van der Waals surface area contributed by atoms with Crippen LogP contribution in [0.3, 0.4) is 0 Å². The Hall–Kier alpha value is -0.360. The molecule has 1 amide bonds. The van der Waals surface area contributed by atoms with Crippen molar-refractivity contribution in [1.29, 1.82) is 0 Å². The van der Waals surface area contributed by atoms with Gasteiger partial charge in [0.25, 0.3) is 0 Å². The lowest BCUT2D eigenvalue weighted by Crippen LogP contribution is -2.57. The van der Waals surface area contributed by atoms with E-state index in [1.165, 1.54) is 4.90 Å².